The molecule has 0 saturated carbocycles. The summed E-state index contributed by atoms with van der Waals surface area (Å²) in [6, 6.07) is 0.234. The molecule has 0 radical (unpaired) electrons. The smallest absolute Gasteiger partial charge is 0.231 e. The second-order valence-electron chi connectivity index (χ2n) is 8.97. The maximum Gasteiger partial charge on any atom is 0.231 e. The minimum atomic E-state index is -0.156. The van der Waals surface area contributed by atoms with Gasteiger partial charge in [0.2, 0.25) is 16.5 Å². The third-order valence-electron chi connectivity index (χ3n) is 5.76. The Kier molecular flexibility index (Phi) is 6.99. The Balaban J connectivity index is 2.61. The summed E-state index contributed by atoms with van der Waals surface area (Å²) in [5, 5.41) is 4.00. The lowest BCUT2D eigenvalue weighted by atomic mass is 9.76. The van der Waals surface area contributed by atoms with E-state index in [2.05, 4.69) is 66.7 Å². The number of hydrogen-bond acceptors (Lipinski definition) is 6. The van der Waals surface area contributed by atoms with E-state index < -0.39 is 0 Å². The molecule has 0 spiro atoms. The van der Waals surface area contributed by atoms with Crippen molar-refractivity contribution in [2.45, 2.75) is 96.3 Å². The van der Waals surface area contributed by atoms with Crippen LogP contribution < -0.4 is 16.0 Å². The SMILES string of the molecule is CCC(CC)(CCN)N(c1nc(Cl)nc(Cl)n1)C1CC(C)(C)NC(C)(C)C1. The fourth-order valence-electron chi connectivity index (χ4n) is 4.97. The van der Waals surface area contributed by atoms with Gasteiger partial charge in [-0.3, -0.25) is 0 Å². The second-order valence-corrected chi connectivity index (χ2v) is 9.64. The summed E-state index contributed by atoms with van der Waals surface area (Å²) in [7, 11) is 0. The summed E-state index contributed by atoms with van der Waals surface area (Å²) in [6.45, 7) is 14.0. The van der Waals surface area contributed by atoms with Gasteiger partial charge in [0.25, 0.3) is 0 Å². The Hall–Kier alpha value is -0.690. The van der Waals surface area contributed by atoms with Crippen molar-refractivity contribution in [3.05, 3.63) is 10.6 Å². The van der Waals surface area contributed by atoms with E-state index in [0.717, 1.165) is 32.1 Å². The van der Waals surface area contributed by atoms with Crippen molar-refractivity contribution in [2.24, 2.45) is 5.73 Å². The summed E-state index contributed by atoms with van der Waals surface area (Å²) in [4.78, 5) is 15.2. The van der Waals surface area contributed by atoms with Gasteiger partial charge in [0.05, 0.1) is 0 Å². The highest BCUT2D eigenvalue weighted by molar-refractivity contribution is 6.31. The number of halogens is 2. The topological polar surface area (TPSA) is 80.0 Å². The largest absolute Gasteiger partial charge is 0.332 e. The highest BCUT2D eigenvalue weighted by Gasteiger charge is 2.46. The van der Waals surface area contributed by atoms with Crippen LogP contribution in [0.15, 0.2) is 0 Å². The predicted molar refractivity (Wildman–Crippen MR) is 114 cm³/mol. The number of aromatic nitrogens is 3. The molecule has 8 heteroatoms. The van der Waals surface area contributed by atoms with E-state index in [1.54, 1.807) is 0 Å². The number of anilines is 1. The van der Waals surface area contributed by atoms with Crippen molar-refractivity contribution in [1.29, 1.82) is 0 Å². The van der Waals surface area contributed by atoms with Crippen LogP contribution in [0.2, 0.25) is 10.6 Å². The molecule has 0 aromatic carbocycles. The molecule has 1 saturated heterocycles. The van der Waals surface area contributed by atoms with Crippen molar-refractivity contribution >= 4 is 29.2 Å². The molecule has 0 atom stereocenters. The molecule has 3 N–H and O–H groups in total. The third kappa shape index (κ3) is 5.22. The standard InChI is InChI=1S/C19H34Cl2N6/c1-7-19(8-2,9-10-22)27(16-24-14(20)23-15(21)25-16)13-11-17(3,4)26-18(5,6)12-13/h13,26H,7-12,22H2,1-6H3. The van der Waals surface area contributed by atoms with E-state index in [-0.39, 0.29) is 33.2 Å². The van der Waals surface area contributed by atoms with Gasteiger partial charge in [0, 0.05) is 22.7 Å². The lowest BCUT2D eigenvalue weighted by molar-refractivity contribution is 0.139. The van der Waals surface area contributed by atoms with Crippen LogP contribution in [0.25, 0.3) is 0 Å². The summed E-state index contributed by atoms with van der Waals surface area (Å²) < 4.78 is 0. The number of nitrogens with one attached hydrogen (secondary N) is 1. The van der Waals surface area contributed by atoms with E-state index >= 15 is 0 Å². The first kappa shape index (κ1) is 22.6. The molecular formula is C19H34Cl2N6. The minimum absolute atomic E-state index is 0.0127. The molecule has 0 unspecified atom stereocenters. The Bertz CT molecular complexity index is 609. The Labute approximate surface area is 173 Å². The van der Waals surface area contributed by atoms with Gasteiger partial charge in [-0.25, -0.2) is 0 Å². The second kappa shape index (κ2) is 8.36. The van der Waals surface area contributed by atoms with Gasteiger partial charge in [-0.1, -0.05) is 13.8 Å². The maximum absolute atomic E-state index is 6.15. The van der Waals surface area contributed by atoms with Gasteiger partial charge in [-0.15, -0.1) is 0 Å². The van der Waals surface area contributed by atoms with E-state index in [1.807, 2.05) is 0 Å². The highest BCUT2D eigenvalue weighted by atomic mass is 35.5. The molecule has 1 fully saturated rings. The van der Waals surface area contributed by atoms with Crippen molar-refractivity contribution < 1.29 is 0 Å². The average Bonchev–Trinajstić information content (AvgIpc) is 2.50. The molecule has 2 heterocycles. The lowest BCUT2D eigenvalue weighted by Gasteiger charge is -2.55. The zero-order valence-corrected chi connectivity index (χ0v) is 19.0. The van der Waals surface area contributed by atoms with Gasteiger partial charge < -0.3 is 16.0 Å². The molecule has 1 aliphatic heterocycles. The van der Waals surface area contributed by atoms with Gasteiger partial charge in [-0.05, 0) is 89.5 Å². The first-order valence-corrected chi connectivity index (χ1v) is 10.6. The molecule has 154 valence electrons. The number of hydrogen-bond donors (Lipinski definition) is 2. The summed E-state index contributed by atoms with van der Waals surface area (Å²) in [6.07, 6.45) is 4.65. The molecule has 0 bridgehead atoms. The molecule has 0 aliphatic carbocycles. The molecular weight excluding hydrogens is 383 g/mol. The van der Waals surface area contributed by atoms with Gasteiger partial charge in [0.1, 0.15) is 0 Å². The fraction of sp³-hybridized carbons (Fsp3) is 0.842. The zero-order chi connectivity index (χ0) is 20.5. The quantitative estimate of drug-likeness (QED) is 0.692. The van der Waals surface area contributed by atoms with E-state index in [9.17, 15) is 0 Å². The predicted octanol–water partition coefficient (Wildman–Crippen LogP) is 4.20. The lowest BCUT2D eigenvalue weighted by Crippen LogP contribution is -2.66. The normalized spacial score (nSPS) is 19.9. The first-order valence-electron chi connectivity index (χ1n) is 9.83. The number of nitrogens with two attached hydrogens (primary N) is 1. The van der Waals surface area contributed by atoms with Gasteiger partial charge >= 0.3 is 0 Å². The van der Waals surface area contributed by atoms with Crippen LogP contribution in [0.5, 0.6) is 0 Å². The van der Waals surface area contributed by atoms with Crippen LogP contribution in [-0.2, 0) is 0 Å². The van der Waals surface area contributed by atoms with Crippen molar-refractivity contribution in [3.63, 3.8) is 0 Å². The molecule has 1 aromatic rings. The van der Waals surface area contributed by atoms with Gasteiger partial charge in [0.15, 0.2) is 0 Å². The summed E-state index contributed by atoms with van der Waals surface area (Å²) in [5.74, 6) is 0.552. The monoisotopic (exact) mass is 416 g/mol. The van der Waals surface area contributed by atoms with Crippen LogP contribution in [0.4, 0.5) is 5.95 Å². The molecule has 6 nitrogen and oxygen atoms in total. The Morgan fingerprint density at radius 2 is 1.52 bits per heavy atom. The zero-order valence-electron chi connectivity index (χ0n) is 17.4. The van der Waals surface area contributed by atoms with Crippen molar-refractivity contribution in [2.75, 3.05) is 11.4 Å². The average molecular weight is 417 g/mol. The molecule has 0 amide bonds. The molecule has 1 aromatic heterocycles. The van der Waals surface area contributed by atoms with Crippen LogP contribution in [-0.4, -0.2) is 44.2 Å². The number of piperidine rings is 1. The molecule has 27 heavy (non-hydrogen) atoms. The fourth-order valence-corrected chi connectivity index (χ4v) is 5.33. The van der Waals surface area contributed by atoms with Crippen LogP contribution in [0.3, 0.4) is 0 Å². The van der Waals surface area contributed by atoms with Crippen LogP contribution in [0.1, 0.15) is 73.6 Å². The third-order valence-corrected chi connectivity index (χ3v) is 6.09. The Morgan fingerprint density at radius 3 is 1.93 bits per heavy atom. The van der Waals surface area contributed by atoms with E-state index in [4.69, 9.17) is 28.9 Å². The minimum Gasteiger partial charge on any atom is -0.332 e. The van der Waals surface area contributed by atoms with Crippen molar-refractivity contribution in [1.82, 2.24) is 20.3 Å². The van der Waals surface area contributed by atoms with E-state index in [0.29, 0.717) is 12.5 Å². The van der Waals surface area contributed by atoms with Crippen LogP contribution in [0, 0.1) is 0 Å². The molecule has 1 aliphatic rings. The molecule has 2 rings (SSSR count). The summed E-state index contributed by atoms with van der Waals surface area (Å²) >= 11 is 12.3. The highest BCUT2D eigenvalue weighted by Crippen LogP contribution is 2.40. The number of rotatable bonds is 7. The van der Waals surface area contributed by atoms with Crippen LogP contribution >= 0.6 is 23.2 Å². The summed E-state index contributed by atoms with van der Waals surface area (Å²) in [5.41, 5.74) is 5.85. The number of nitrogens with zero attached hydrogens (tertiary/aromatic N) is 4. The van der Waals surface area contributed by atoms with Gasteiger partial charge in [-0.2, -0.15) is 15.0 Å². The Morgan fingerprint density at radius 1 is 1.04 bits per heavy atom. The maximum atomic E-state index is 6.15. The van der Waals surface area contributed by atoms with E-state index in [1.165, 1.54) is 0 Å². The van der Waals surface area contributed by atoms with Crippen molar-refractivity contribution in [3.8, 4) is 0 Å². The first-order chi connectivity index (χ1) is 12.5.